The van der Waals surface area contributed by atoms with Crippen molar-refractivity contribution in [1.82, 2.24) is 0 Å². The Morgan fingerprint density at radius 2 is 1.57 bits per heavy atom. The Labute approximate surface area is 136 Å². The van der Waals surface area contributed by atoms with Crippen LogP contribution in [0.5, 0.6) is 0 Å². The Morgan fingerprint density at radius 3 is 2.14 bits per heavy atom. The van der Waals surface area contributed by atoms with Crippen LogP contribution >= 0.6 is 0 Å². The highest BCUT2D eigenvalue weighted by molar-refractivity contribution is 6.54. The number of hydrogen-bond acceptors (Lipinski definition) is 0. The van der Waals surface area contributed by atoms with Crippen molar-refractivity contribution in [2.24, 2.45) is 17.8 Å². The van der Waals surface area contributed by atoms with Gasteiger partial charge in [0.1, 0.15) is 0 Å². The molecule has 3 unspecified atom stereocenters. The molecule has 0 aliphatic carbocycles. The van der Waals surface area contributed by atoms with Crippen molar-refractivity contribution in [1.29, 1.82) is 0 Å². The summed E-state index contributed by atoms with van der Waals surface area (Å²) in [5.74, 6) is 2.75. The second kappa shape index (κ2) is 11.4. The summed E-state index contributed by atoms with van der Waals surface area (Å²) in [6.45, 7) is 9.42. The highest BCUT2D eigenvalue weighted by Crippen LogP contribution is 2.32. The summed E-state index contributed by atoms with van der Waals surface area (Å²) >= 11 is 0. The molecule has 1 heterocycles. The number of unbranched alkanes of at least 4 members (excludes halogenated alkanes) is 2. The summed E-state index contributed by atoms with van der Waals surface area (Å²) < 4.78 is 0. The lowest BCUT2D eigenvalue weighted by atomic mass is 9.82. The molecule has 0 aromatic rings. The van der Waals surface area contributed by atoms with Crippen LogP contribution in [0.4, 0.5) is 0 Å². The van der Waals surface area contributed by atoms with Crippen LogP contribution in [-0.2, 0) is 0 Å². The summed E-state index contributed by atoms with van der Waals surface area (Å²) in [5, 5.41) is 0. The highest BCUT2D eigenvalue weighted by atomic mass is 28.2. The molecule has 122 valence electrons. The van der Waals surface area contributed by atoms with Gasteiger partial charge in [0.15, 0.2) is 0 Å². The monoisotopic (exact) mass is 306 g/mol. The van der Waals surface area contributed by atoms with Gasteiger partial charge >= 0.3 is 0 Å². The third-order valence-electron chi connectivity index (χ3n) is 5.33. The van der Waals surface area contributed by atoms with E-state index >= 15 is 0 Å². The Morgan fingerprint density at radius 1 is 0.952 bits per heavy atom. The first-order valence-electron chi connectivity index (χ1n) is 9.62. The third-order valence-corrected chi connectivity index (χ3v) is 6.64. The van der Waals surface area contributed by atoms with Gasteiger partial charge in [0.2, 0.25) is 0 Å². The first-order chi connectivity index (χ1) is 10.2. The lowest BCUT2D eigenvalue weighted by Crippen LogP contribution is -2.13. The van der Waals surface area contributed by atoms with Crippen molar-refractivity contribution in [3.8, 4) is 0 Å². The summed E-state index contributed by atoms with van der Waals surface area (Å²) in [6, 6.07) is 0. The molecule has 0 amide bonds. The first-order valence-corrected chi connectivity index (χ1v) is 11.0. The van der Waals surface area contributed by atoms with Crippen LogP contribution in [0.3, 0.4) is 0 Å². The van der Waals surface area contributed by atoms with E-state index in [4.69, 9.17) is 0 Å². The summed E-state index contributed by atoms with van der Waals surface area (Å²) in [4.78, 5) is 0. The molecule has 3 atom stereocenters. The smallest absolute Gasteiger partial charge is 0.0162 e. The molecular weight excluding hydrogens is 268 g/mol. The van der Waals surface area contributed by atoms with Crippen LogP contribution in [0.1, 0.15) is 91.9 Å². The lowest BCUT2D eigenvalue weighted by Gasteiger charge is -2.24. The minimum Gasteiger partial charge on any atom is -0.0955 e. The Bertz CT molecular complexity index is 316. The maximum atomic E-state index is 2.68. The molecule has 0 nitrogen and oxygen atoms in total. The fourth-order valence-electron chi connectivity index (χ4n) is 3.63. The zero-order valence-electron chi connectivity index (χ0n) is 15.0. The van der Waals surface area contributed by atoms with E-state index in [1.165, 1.54) is 64.2 Å². The topological polar surface area (TPSA) is 0 Å². The molecule has 0 saturated heterocycles. The maximum Gasteiger partial charge on any atom is 0.0162 e. The van der Waals surface area contributed by atoms with Crippen LogP contribution in [0.15, 0.2) is 11.3 Å². The van der Waals surface area contributed by atoms with Gasteiger partial charge in [-0.15, -0.1) is 0 Å². The Kier molecular flexibility index (Phi) is 10.2. The van der Waals surface area contributed by atoms with Crippen molar-refractivity contribution in [2.75, 3.05) is 0 Å². The van der Waals surface area contributed by atoms with Crippen LogP contribution in [-0.4, -0.2) is 14.8 Å². The molecule has 1 aliphatic heterocycles. The second-order valence-electron chi connectivity index (χ2n) is 7.01. The largest absolute Gasteiger partial charge is 0.0955 e. The second-order valence-corrected chi connectivity index (χ2v) is 8.11. The highest BCUT2D eigenvalue weighted by Gasteiger charge is 2.21. The van der Waals surface area contributed by atoms with E-state index in [1.54, 1.807) is 0 Å². The van der Waals surface area contributed by atoms with Gasteiger partial charge in [-0.05, 0) is 30.6 Å². The predicted octanol–water partition coefficient (Wildman–Crippen LogP) is 5.95. The first kappa shape index (κ1) is 18.9. The molecule has 21 heavy (non-hydrogen) atoms. The normalized spacial score (nSPS) is 20.6. The Balaban J connectivity index is 2.47. The molecule has 0 saturated carbocycles. The Hall–Kier alpha value is -0.173. The SMILES string of the molecule is CCCCC(CC)CC1=C[SiH]=CC1CC(CC)CCCC. The molecule has 0 aromatic carbocycles. The van der Waals surface area contributed by atoms with Crippen molar-refractivity contribution in [2.45, 2.75) is 91.9 Å². The molecule has 0 N–H and O–H groups in total. The van der Waals surface area contributed by atoms with Gasteiger partial charge in [-0.1, -0.05) is 96.0 Å². The zero-order chi connectivity index (χ0) is 15.5. The van der Waals surface area contributed by atoms with Gasteiger partial charge in [-0.25, -0.2) is 0 Å². The van der Waals surface area contributed by atoms with Crippen molar-refractivity contribution in [3.63, 3.8) is 0 Å². The molecule has 0 bridgehead atoms. The minimum absolute atomic E-state index is 0.505. The molecule has 1 aliphatic rings. The molecule has 0 radical (unpaired) electrons. The van der Waals surface area contributed by atoms with E-state index < -0.39 is 0 Å². The average Bonchev–Trinajstić information content (AvgIpc) is 2.94. The van der Waals surface area contributed by atoms with Crippen LogP contribution in [0.2, 0.25) is 0 Å². The number of allylic oxidation sites excluding steroid dienone is 1. The summed E-state index contributed by atoms with van der Waals surface area (Å²) in [5.41, 5.74) is 7.13. The molecule has 0 fully saturated rings. The molecular formula is C20H38Si. The van der Waals surface area contributed by atoms with Gasteiger partial charge < -0.3 is 0 Å². The fraction of sp³-hybridized carbons (Fsp3) is 0.850. The van der Waals surface area contributed by atoms with Gasteiger partial charge in [-0.2, -0.15) is 0 Å². The summed E-state index contributed by atoms with van der Waals surface area (Å²) in [6.07, 6.45) is 14.0. The predicted molar refractivity (Wildman–Crippen MR) is 101 cm³/mol. The average molecular weight is 307 g/mol. The van der Waals surface area contributed by atoms with E-state index in [0.29, 0.717) is 9.13 Å². The van der Waals surface area contributed by atoms with Gasteiger partial charge in [0.25, 0.3) is 0 Å². The molecule has 1 heteroatoms. The van der Waals surface area contributed by atoms with Gasteiger partial charge in [-0.3, -0.25) is 0 Å². The third kappa shape index (κ3) is 7.08. The minimum atomic E-state index is 0.505. The summed E-state index contributed by atoms with van der Waals surface area (Å²) in [7, 11) is 0.505. The van der Waals surface area contributed by atoms with E-state index in [-0.39, 0.29) is 0 Å². The lowest BCUT2D eigenvalue weighted by molar-refractivity contribution is 0.384. The molecule has 0 spiro atoms. The van der Waals surface area contributed by atoms with Crippen LogP contribution < -0.4 is 0 Å². The van der Waals surface area contributed by atoms with Crippen molar-refractivity contribution >= 4 is 14.8 Å². The quantitative estimate of drug-likeness (QED) is 0.391. The molecule has 0 aromatic heterocycles. The van der Waals surface area contributed by atoms with E-state index in [2.05, 4.69) is 39.1 Å². The number of hydrogen-bond donors (Lipinski definition) is 0. The van der Waals surface area contributed by atoms with Crippen molar-refractivity contribution in [3.05, 3.63) is 11.3 Å². The molecule has 1 rings (SSSR count). The zero-order valence-corrected chi connectivity index (χ0v) is 16.2. The fourth-order valence-corrected chi connectivity index (χ4v) is 5.04. The van der Waals surface area contributed by atoms with E-state index in [1.807, 2.05) is 5.57 Å². The standard InChI is InChI=1S/C20H38Si/c1-5-9-11-17(7-3)13-19-15-21-16-20(19)14-18(8-4)12-10-6-2/h15-19,21H,5-14H2,1-4H3. The van der Waals surface area contributed by atoms with Crippen LogP contribution in [0, 0.1) is 17.8 Å². The van der Waals surface area contributed by atoms with Gasteiger partial charge in [0, 0.05) is 9.13 Å². The van der Waals surface area contributed by atoms with Crippen LogP contribution in [0.25, 0.3) is 0 Å². The van der Waals surface area contributed by atoms with E-state index in [9.17, 15) is 0 Å². The van der Waals surface area contributed by atoms with E-state index in [0.717, 1.165) is 17.8 Å². The van der Waals surface area contributed by atoms with Gasteiger partial charge in [0.05, 0.1) is 0 Å². The number of rotatable bonds is 12. The maximum absolute atomic E-state index is 2.68. The van der Waals surface area contributed by atoms with Crippen molar-refractivity contribution < 1.29 is 0 Å².